The fraction of sp³-hybridized carbons (Fsp3) is 0.111. The third-order valence-corrected chi connectivity index (χ3v) is 3.86. The number of thiocarbonyl (C=S) groups is 1. The van der Waals surface area contributed by atoms with Gasteiger partial charge in [0, 0.05) is 5.56 Å². The second-order valence-corrected chi connectivity index (χ2v) is 5.47. The Morgan fingerprint density at radius 1 is 1.29 bits per heavy atom. The average molecular weight is 340 g/mol. The molecule has 0 spiro atoms. The minimum absolute atomic E-state index is 0.180. The van der Waals surface area contributed by atoms with Crippen molar-refractivity contribution in [2.45, 2.75) is 6.54 Å². The number of carbonyl (C=O) groups is 1. The molecule has 1 aromatic carbocycles. The Bertz CT molecular complexity index is 809. The fourth-order valence-electron chi connectivity index (χ4n) is 2.34. The number of hydrogen-bond donors (Lipinski definition) is 1. The van der Waals surface area contributed by atoms with Gasteiger partial charge < -0.3 is 14.5 Å². The topological polar surface area (TPSA) is 54.7 Å². The summed E-state index contributed by atoms with van der Waals surface area (Å²) in [6.45, 7) is 0.311. The lowest BCUT2D eigenvalue weighted by molar-refractivity contribution is -0.123. The molecule has 2 heterocycles. The van der Waals surface area contributed by atoms with Crippen LogP contribution in [0.5, 0.6) is 5.75 Å². The molecule has 0 unspecified atom stereocenters. The van der Waals surface area contributed by atoms with E-state index in [1.54, 1.807) is 37.7 Å². The van der Waals surface area contributed by atoms with Crippen LogP contribution in [0.25, 0.3) is 6.08 Å². The second-order valence-electron chi connectivity index (χ2n) is 5.08. The van der Waals surface area contributed by atoms with E-state index in [4.69, 9.17) is 21.4 Å². The van der Waals surface area contributed by atoms with Crippen LogP contribution < -0.4 is 10.1 Å². The normalized spacial score (nSPS) is 16.2. The molecule has 0 aliphatic carbocycles. The van der Waals surface area contributed by atoms with Crippen molar-refractivity contribution in [3.63, 3.8) is 0 Å². The largest absolute Gasteiger partial charge is 0.496 e. The number of nitrogens with one attached hydrogen (secondary N) is 1. The number of furan rings is 1. The van der Waals surface area contributed by atoms with E-state index < -0.39 is 0 Å². The molecule has 6 heteroatoms. The maximum Gasteiger partial charge on any atom is 0.276 e. The first-order valence-corrected chi connectivity index (χ1v) is 7.76. The summed E-state index contributed by atoms with van der Waals surface area (Å²) in [6.07, 6.45) is 6.93. The fourth-order valence-corrected chi connectivity index (χ4v) is 2.60. The Morgan fingerprint density at radius 2 is 2.12 bits per heavy atom. The first-order chi connectivity index (χ1) is 11.7. The van der Waals surface area contributed by atoms with Gasteiger partial charge in [-0.2, -0.15) is 0 Å². The lowest BCUT2D eigenvalue weighted by Crippen LogP contribution is -2.29. The quantitative estimate of drug-likeness (QED) is 0.669. The van der Waals surface area contributed by atoms with Crippen molar-refractivity contribution >= 4 is 29.3 Å². The lowest BCUT2D eigenvalue weighted by Gasteiger charge is -2.11. The SMILES string of the molecule is COc1ccccc1C=CC=C1NC(=S)N(Cc2ccco2)C1=O. The van der Waals surface area contributed by atoms with Gasteiger partial charge >= 0.3 is 0 Å². The van der Waals surface area contributed by atoms with Crippen LogP contribution in [0.1, 0.15) is 11.3 Å². The summed E-state index contributed by atoms with van der Waals surface area (Å²) in [5, 5.41) is 3.29. The second kappa shape index (κ2) is 7.14. The molecule has 1 aliphatic heterocycles. The number of rotatable bonds is 5. The number of hydrogen-bond acceptors (Lipinski definition) is 4. The Morgan fingerprint density at radius 3 is 2.88 bits per heavy atom. The summed E-state index contributed by atoms with van der Waals surface area (Å²) in [5.74, 6) is 1.27. The van der Waals surface area contributed by atoms with Crippen LogP contribution in [-0.2, 0) is 11.3 Å². The molecule has 0 bridgehead atoms. The maximum absolute atomic E-state index is 12.4. The van der Waals surface area contributed by atoms with Crippen LogP contribution in [0.15, 0.2) is 64.9 Å². The van der Waals surface area contributed by atoms with Crippen LogP contribution in [0, 0.1) is 0 Å². The zero-order chi connectivity index (χ0) is 16.9. The number of ether oxygens (including phenoxy) is 1. The molecule has 3 rings (SSSR count). The highest BCUT2D eigenvalue weighted by molar-refractivity contribution is 7.80. The van der Waals surface area contributed by atoms with E-state index in [9.17, 15) is 4.79 Å². The van der Waals surface area contributed by atoms with E-state index in [0.29, 0.717) is 23.1 Å². The van der Waals surface area contributed by atoms with Crippen molar-refractivity contribution in [2.75, 3.05) is 7.11 Å². The monoisotopic (exact) mass is 340 g/mol. The predicted molar refractivity (Wildman–Crippen MR) is 95.1 cm³/mol. The Labute approximate surface area is 145 Å². The lowest BCUT2D eigenvalue weighted by atomic mass is 10.2. The van der Waals surface area contributed by atoms with Gasteiger partial charge in [-0.1, -0.05) is 30.4 Å². The summed E-state index contributed by atoms with van der Waals surface area (Å²) in [7, 11) is 1.62. The molecule has 1 amide bonds. The van der Waals surface area contributed by atoms with Gasteiger partial charge in [0.05, 0.1) is 19.9 Å². The molecule has 0 radical (unpaired) electrons. The first kappa shape index (κ1) is 16.0. The highest BCUT2D eigenvalue weighted by Crippen LogP contribution is 2.19. The highest BCUT2D eigenvalue weighted by atomic mass is 32.1. The van der Waals surface area contributed by atoms with E-state index in [0.717, 1.165) is 11.3 Å². The number of para-hydroxylation sites is 1. The minimum atomic E-state index is -0.180. The zero-order valence-electron chi connectivity index (χ0n) is 13.1. The molecule has 2 aromatic rings. The number of nitrogens with zero attached hydrogens (tertiary/aromatic N) is 1. The van der Waals surface area contributed by atoms with Gasteiger partial charge in [-0.05, 0) is 36.5 Å². The molecule has 1 aromatic heterocycles. The molecular formula is C18H16N2O3S. The summed E-state index contributed by atoms with van der Waals surface area (Å²) in [4.78, 5) is 13.9. The van der Waals surface area contributed by atoms with Crippen molar-refractivity contribution in [1.82, 2.24) is 10.2 Å². The number of allylic oxidation sites excluding steroid dienone is 2. The van der Waals surface area contributed by atoms with Crippen LogP contribution >= 0.6 is 12.2 Å². The van der Waals surface area contributed by atoms with Gasteiger partial charge in [-0.3, -0.25) is 9.69 Å². The zero-order valence-corrected chi connectivity index (χ0v) is 13.9. The van der Waals surface area contributed by atoms with E-state index >= 15 is 0 Å². The maximum atomic E-state index is 12.4. The molecule has 1 aliphatic rings. The van der Waals surface area contributed by atoms with Crippen molar-refractivity contribution in [3.8, 4) is 5.75 Å². The number of amides is 1. The van der Waals surface area contributed by atoms with Gasteiger partial charge in [-0.25, -0.2) is 0 Å². The predicted octanol–water partition coefficient (Wildman–Crippen LogP) is 3.10. The highest BCUT2D eigenvalue weighted by Gasteiger charge is 2.30. The number of methoxy groups -OCH3 is 1. The molecule has 1 N–H and O–H groups in total. The Balaban J connectivity index is 1.73. The molecule has 0 saturated carbocycles. The summed E-state index contributed by atoms with van der Waals surface area (Å²) in [6, 6.07) is 11.2. The Hall–Kier alpha value is -2.86. The third kappa shape index (κ3) is 3.38. The summed E-state index contributed by atoms with van der Waals surface area (Å²) >= 11 is 5.22. The van der Waals surface area contributed by atoms with E-state index in [1.807, 2.05) is 30.3 Å². The summed E-state index contributed by atoms with van der Waals surface area (Å²) < 4.78 is 10.6. The molecule has 24 heavy (non-hydrogen) atoms. The standard InChI is InChI=1S/C18H16N2O3S/c1-22-16-10-3-2-6-13(16)7-4-9-15-17(21)20(18(24)19-15)12-14-8-5-11-23-14/h2-11H,12H2,1H3,(H,19,24). The number of benzene rings is 1. The van der Waals surface area contributed by atoms with Crippen LogP contribution in [-0.4, -0.2) is 23.0 Å². The third-order valence-electron chi connectivity index (χ3n) is 3.53. The van der Waals surface area contributed by atoms with Crippen LogP contribution in [0.2, 0.25) is 0 Å². The molecule has 1 fully saturated rings. The van der Waals surface area contributed by atoms with Gasteiger partial charge in [0.25, 0.3) is 5.91 Å². The van der Waals surface area contributed by atoms with Crippen molar-refractivity contribution in [3.05, 3.63) is 71.8 Å². The van der Waals surface area contributed by atoms with Crippen molar-refractivity contribution in [1.29, 1.82) is 0 Å². The van der Waals surface area contributed by atoms with E-state index in [1.165, 1.54) is 4.90 Å². The van der Waals surface area contributed by atoms with Gasteiger partial charge in [0.2, 0.25) is 0 Å². The van der Waals surface area contributed by atoms with E-state index in [-0.39, 0.29) is 5.91 Å². The average Bonchev–Trinajstić information content (AvgIpc) is 3.19. The Kier molecular flexibility index (Phi) is 4.77. The first-order valence-electron chi connectivity index (χ1n) is 7.35. The summed E-state index contributed by atoms with van der Waals surface area (Å²) in [5.41, 5.74) is 1.36. The van der Waals surface area contributed by atoms with Crippen molar-refractivity contribution in [2.24, 2.45) is 0 Å². The van der Waals surface area contributed by atoms with E-state index in [2.05, 4.69) is 5.32 Å². The molecule has 5 nitrogen and oxygen atoms in total. The minimum Gasteiger partial charge on any atom is -0.496 e. The van der Waals surface area contributed by atoms with Gasteiger partial charge in [0.1, 0.15) is 17.2 Å². The van der Waals surface area contributed by atoms with Crippen LogP contribution in [0.4, 0.5) is 0 Å². The molecular weight excluding hydrogens is 324 g/mol. The van der Waals surface area contributed by atoms with Gasteiger partial charge in [-0.15, -0.1) is 0 Å². The molecule has 0 atom stereocenters. The van der Waals surface area contributed by atoms with Crippen molar-refractivity contribution < 1.29 is 13.9 Å². The molecule has 122 valence electrons. The molecule has 1 saturated heterocycles. The smallest absolute Gasteiger partial charge is 0.276 e. The van der Waals surface area contributed by atoms with Gasteiger partial charge in [0.15, 0.2) is 5.11 Å². The van der Waals surface area contributed by atoms with Crippen LogP contribution in [0.3, 0.4) is 0 Å². The number of carbonyl (C=O) groups excluding carboxylic acids is 1.